The second-order valence-corrected chi connectivity index (χ2v) is 8.12. The molecule has 0 bridgehead atoms. The average Bonchev–Trinajstić information content (AvgIpc) is 3.19. The van der Waals surface area contributed by atoms with E-state index in [9.17, 15) is 0 Å². The van der Waals surface area contributed by atoms with E-state index in [1.807, 2.05) is 67.6 Å². The molecule has 5 nitrogen and oxygen atoms in total. The molecule has 0 fully saturated rings. The maximum atomic E-state index is 6.04. The SMILES string of the molecule is Cc1cccc(N(C)/N=C\c2cc(C)c3oc(/C=N\N(C)c4cccc(C)c4)cc3c2)c1. The lowest BCUT2D eigenvalue weighted by Gasteiger charge is -2.13. The molecular formula is C27H28N4O. The Kier molecular flexibility index (Phi) is 6.08. The van der Waals surface area contributed by atoms with Crippen molar-refractivity contribution in [2.45, 2.75) is 20.8 Å². The van der Waals surface area contributed by atoms with Crippen LogP contribution in [0.1, 0.15) is 28.0 Å². The summed E-state index contributed by atoms with van der Waals surface area (Å²) in [7, 11) is 3.88. The molecule has 1 aromatic heterocycles. The van der Waals surface area contributed by atoms with E-state index in [4.69, 9.17) is 4.42 Å². The van der Waals surface area contributed by atoms with Crippen molar-refractivity contribution in [1.29, 1.82) is 0 Å². The first-order valence-electron chi connectivity index (χ1n) is 10.6. The lowest BCUT2D eigenvalue weighted by atomic mass is 10.1. The second kappa shape index (κ2) is 9.10. The molecule has 3 aromatic carbocycles. The van der Waals surface area contributed by atoms with Crippen LogP contribution in [0.2, 0.25) is 0 Å². The van der Waals surface area contributed by atoms with Gasteiger partial charge >= 0.3 is 0 Å². The fraction of sp³-hybridized carbons (Fsp3) is 0.185. The van der Waals surface area contributed by atoms with Crippen LogP contribution in [0.4, 0.5) is 11.4 Å². The lowest BCUT2D eigenvalue weighted by molar-refractivity contribution is 0.605. The molecule has 0 aliphatic rings. The Balaban J connectivity index is 1.54. The number of anilines is 2. The van der Waals surface area contributed by atoms with Gasteiger partial charge < -0.3 is 4.42 Å². The van der Waals surface area contributed by atoms with Crippen molar-refractivity contribution in [3.05, 3.63) is 94.7 Å². The average molecular weight is 425 g/mol. The van der Waals surface area contributed by atoms with E-state index in [2.05, 4.69) is 60.4 Å². The van der Waals surface area contributed by atoms with E-state index >= 15 is 0 Å². The predicted octanol–water partition coefficient (Wildman–Crippen LogP) is 6.30. The largest absolute Gasteiger partial charge is 0.455 e. The summed E-state index contributed by atoms with van der Waals surface area (Å²) in [5.41, 5.74) is 7.45. The summed E-state index contributed by atoms with van der Waals surface area (Å²) < 4.78 is 6.04. The van der Waals surface area contributed by atoms with E-state index in [1.165, 1.54) is 11.1 Å². The maximum Gasteiger partial charge on any atom is 0.148 e. The molecule has 5 heteroatoms. The van der Waals surface area contributed by atoms with Crippen molar-refractivity contribution in [1.82, 2.24) is 0 Å². The van der Waals surface area contributed by atoms with Gasteiger partial charge in [0.2, 0.25) is 0 Å². The molecule has 0 N–H and O–H groups in total. The molecule has 4 aromatic rings. The van der Waals surface area contributed by atoms with E-state index in [-0.39, 0.29) is 0 Å². The quantitative estimate of drug-likeness (QED) is 0.269. The van der Waals surface area contributed by atoms with Gasteiger partial charge in [0, 0.05) is 19.5 Å². The summed E-state index contributed by atoms with van der Waals surface area (Å²) >= 11 is 0. The Morgan fingerprint density at radius 2 is 1.31 bits per heavy atom. The van der Waals surface area contributed by atoms with Crippen LogP contribution < -0.4 is 10.0 Å². The van der Waals surface area contributed by atoms with Crippen molar-refractivity contribution >= 4 is 34.8 Å². The molecule has 0 saturated carbocycles. The van der Waals surface area contributed by atoms with Crippen molar-refractivity contribution in [2.24, 2.45) is 10.2 Å². The zero-order valence-electron chi connectivity index (χ0n) is 19.2. The number of furan rings is 1. The molecular weight excluding hydrogens is 396 g/mol. The number of hydrogen-bond acceptors (Lipinski definition) is 5. The van der Waals surface area contributed by atoms with Crippen LogP contribution >= 0.6 is 0 Å². The van der Waals surface area contributed by atoms with E-state index in [0.717, 1.165) is 33.5 Å². The first-order valence-corrected chi connectivity index (χ1v) is 10.6. The molecule has 4 rings (SSSR count). The number of rotatable bonds is 6. The van der Waals surface area contributed by atoms with Gasteiger partial charge in [-0.2, -0.15) is 10.2 Å². The summed E-state index contributed by atoms with van der Waals surface area (Å²) in [5, 5.41) is 13.9. The van der Waals surface area contributed by atoms with Crippen molar-refractivity contribution in [3.8, 4) is 0 Å². The topological polar surface area (TPSA) is 44.3 Å². The molecule has 0 atom stereocenters. The molecule has 0 radical (unpaired) electrons. The van der Waals surface area contributed by atoms with Crippen LogP contribution in [0.5, 0.6) is 0 Å². The van der Waals surface area contributed by atoms with Crippen LogP contribution in [0.25, 0.3) is 11.0 Å². The fourth-order valence-electron chi connectivity index (χ4n) is 3.60. The summed E-state index contributed by atoms with van der Waals surface area (Å²) in [6.45, 7) is 6.20. The number of aryl methyl sites for hydroxylation is 3. The summed E-state index contributed by atoms with van der Waals surface area (Å²) in [4.78, 5) is 0. The van der Waals surface area contributed by atoms with E-state index in [0.29, 0.717) is 5.76 Å². The van der Waals surface area contributed by atoms with Crippen LogP contribution in [0, 0.1) is 20.8 Å². The molecule has 32 heavy (non-hydrogen) atoms. The lowest BCUT2D eigenvalue weighted by Crippen LogP contribution is -2.08. The predicted molar refractivity (Wildman–Crippen MR) is 135 cm³/mol. The normalized spacial score (nSPS) is 11.7. The van der Waals surface area contributed by atoms with Crippen molar-refractivity contribution < 1.29 is 4.42 Å². The Labute approximate surface area is 189 Å². The van der Waals surface area contributed by atoms with Crippen molar-refractivity contribution in [3.63, 3.8) is 0 Å². The Morgan fingerprint density at radius 3 is 1.91 bits per heavy atom. The first-order chi connectivity index (χ1) is 15.4. The molecule has 0 aliphatic carbocycles. The molecule has 0 spiro atoms. The Hall–Kier alpha value is -3.86. The maximum absolute atomic E-state index is 6.04. The number of hydrogen-bond donors (Lipinski definition) is 0. The third-order valence-electron chi connectivity index (χ3n) is 5.33. The van der Waals surface area contributed by atoms with Crippen LogP contribution in [0.15, 0.2) is 81.4 Å². The number of fused-ring (bicyclic) bond motifs is 1. The van der Waals surface area contributed by atoms with Crippen LogP contribution in [-0.2, 0) is 0 Å². The summed E-state index contributed by atoms with van der Waals surface area (Å²) in [6.07, 6.45) is 3.63. The Bertz CT molecular complexity index is 1300. The number of hydrazone groups is 2. The van der Waals surface area contributed by atoms with E-state index < -0.39 is 0 Å². The van der Waals surface area contributed by atoms with Gasteiger partial charge in [0.25, 0.3) is 0 Å². The third kappa shape index (κ3) is 4.89. The van der Waals surface area contributed by atoms with Gasteiger partial charge in [0.15, 0.2) is 0 Å². The monoisotopic (exact) mass is 424 g/mol. The fourth-order valence-corrected chi connectivity index (χ4v) is 3.60. The highest BCUT2D eigenvalue weighted by atomic mass is 16.3. The smallest absolute Gasteiger partial charge is 0.148 e. The van der Waals surface area contributed by atoms with Gasteiger partial charge in [-0.15, -0.1) is 0 Å². The third-order valence-corrected chi connectivity index (χ3v) is 5.33. The molecule has 0 amide bonds. The molecule has 0 unspecified atom stereocenters. The highest BCUT2D eigenvalue weighted by Crippen LogP contribution is 2.24. The van der Waals surface area contributed by atoms with E-state index in [1.54, 1.807) is 6.21 Å². The van der Waals surface area contributed by atoms with Gasteiger partial charge in [0.1, 0.15) is 11.3 Å². The van der Waals surface area contributed by atoms with Crippen molar-refractivity contribution in [2.75, 3.05) is 24.1 Å². The molecule has 0 saturated heterocycles. The van der Waals surface area contributed by atoms with Gasteiger partial charge in [-0.05, 0) is 85.5 Å². The zero-order chi connectivity index (χ0) is 22.7. The Morgan fingerprint density at radius 1 is 0.719 bits per heavy atom. The summed E-state index contributed by atoms with van der Waals surface area (Å²) in [5.74, 6) is 0.716. The molecule has 1 heterocycles. The standard InChI is InChI=1S/C27H28N4O/c1-19-8-6-10-24(12-19)30(4)28-17-22-14-21(3)27-23(15-22)16-26(32-27)18-29-31(5)25-11-7-9-20(2)13-25/h6-18H,1-5H3/b28-17-,29-18-. The van der Waals surface area contributed by atoms with Gasteiger partial charge in [-0.3, -0.25) is 10.0 Å². The van der Waals surface area contributed by atoms with Gasteiger partial charge in [-0.25, -0.2) is 0 Å². The highest BCUT2D eigenvalue weighted by molar-refractivity contribution is 5.93. The summed E-state index contributed by atoms with van der Waals surface area (Å²) in [6, 6.07) is 22.7. The van der Waals surface area contributed by atoms with Crippen LogP contribution in [0.3, 0.4) is 0 Å². The minimum Gasteiger partial charge on any atom is -0.455 e. The number of benzene rings is 3. The second-order valence-electron chi connectivity index (χ2n) is 8.12. The first kappa shape index (κ1) is 21.4. The highest BCUT2D eigenvalue weighted by Gasteiger charge is 2.08. The zero-order valence-corrected chi connectivity index (χ0v) is 19.2. The van der Waals surface area contributed by atoms with Crippen LogP contribution in [-0.4, -0.2) is 26.5 Å². The minimum absolute atomic E-state index is 0.716. The van der Waals surface area contributed by atoms with Gasteiger partial charge in [0.05, 0.1) is 23.8 Å². The molecule has 162 valence electrons. The number of nitrogens with zero attached hydrogens (tertiary/aromatic N) is 4. The molecule has 0 aliphatic heterocycles. The van der Waals surface area contributed by atoms with Gasteiger partial charge in [-0.1, -0.05) is 24.3 Å². The minimum atomic E-state index is 0.716.